The number of aromatic amines is 1. The Bertz CT molecular complexity index is 679. The molecule has 7 nitrogen and oxygen atoms in total. The molecule has 1 aromatic carbocycles. The molecule has 132 valence electrons. The maximum Gasteiger partial charge on any atom is 0.315 e. The van der Waals surface area contributed by atoms with Crippen LogP contribution < -0.4 is 16.0 Å². The van der Waals surface area contributed by atoms with Crippen LogP contribution in [0.5, 0.6) is 0 Å². The molecule has 1 aliphatic rings. The zero-order valence-electron chi connectivity index (χ0n) is 14.0. The molecule has 1 saturated carbocycles. The fourth-order valence-corrected chi connectivity index (χ4v) is 3.03. The molecule has 1 aromatic heterocycles. The molecule has 0 aliphatic heterocycles. The summed E-state index contributed by atoms with van der Waals surface area (Å²) >= 11 is 0. The van der Waals surface area contributed by atoms with Crippen molar-refractivity contribution in [2.24, 2.45) is 0 Å². The van der Waals surface area contributed by atoms with E-state index in [9.17, 15) is 9.59 Å². The van der Waals surface area contributed by atoms with Gasteiger partial charge in [0.2, 0.25) is 0 Å². The van der Waals surface area contributed by atoms with Gasteiger partial charge in [-0.05, 0) is 37.8 Å². The Hall–Kier alpha value is -2.83. The van der Waals surface area contributed by atoms with Gasteiger partial charge in [0, 0.05) is 36.0 Å². The highest BCUT2D eigenvalue weighted by atomic mass is 16.2. The summed E-state index contributed by atoms with van der Waals surface area (Å²) in [5.41, 5.74) is 1.61. The lowest BCUT2D eigenvalue weighted by Crippen LogP contribution is -2.46. The number of urea groups is 1. The number of nitrogens with one attached hydrogen (secondary N) is 4. The predicted molar refractivity (Wildman–Crippen MR) is 93.9 cm³/mol. The van der Waals surface area contributed by atoms with Gasteiger partial charge in [-0.15, -0.1) is 0 Å². The van der Waals surface area contributed by atoms with Crippen LogP contribution in [0.2, 0.25) is 0 Å². The van der Waals surface area contributed by atoms with E-state index in [4.69, 9.17) is 0 Å². The molecule has 1 heterocycles. The predicted octanol–water partition coefficient (Wildman–Crippen LogP) is 1.95. The standard InChI is InChI=1S/C18H23N5O2/c24-17(14-4-2-1-3-5-14)22-15-6-8-16(9-7-15)23-18(25)19-10-13-11-20-21-12-13/h1-5,11-12,15-16H,6-10H2,(H,20,21)(H,22,24)(H2,19,23,25). The van der Waals surface area contributed by atoms with Gasteiger partial charge in [0.15, 0.2) is 0 Å². The molecule has 0 atom stereocenters. The van der Waals surface area contributed by atoms with Crippen molar-refractivity contribution in [2.45, 2.75) is 44.3 Å². The number of hydrogen-bond donors (Lipinski definition) is 4. The van der Waals surface area contributed by atoms with Crippen molar-refractivity contribution >= 4 is 11.9 Å². The number of rotatable bonds is 5. The fraction of sp³-hybridized carbons (Fsp3) is 0.389. The third-order valence-corrected chi connectivity index (χ3v) is 4.44. The molecule has 4 N–H and O–H groups in total. The monoisotopic (exact) mass is 341 g/mol. The number of nitrogens with zero attached hydrogens (tertiary/aromatic N) is 1. The minimum Gasteiger partial charge on any atom is -0.349 e. The molecular formula is C18H23N5O2. The smallest absolute Gasteiger partial charge is 0.315 e. The normalized spacial score (nSPS) is 19.8. The minimum atomic E-state index is -0.169. The second-order valence-electron chi connectivity index (χ2n) is 6.32. The van der Waals surface area contributed by atoms with Crippen LogP contribution in [0.4, 0.5) is 4.79 Å². The van der Waals surface area contributed by atoms with Crippen LogP contribution in [0.25, 0.3) is 0 Å². The minimum absolute atomic E-state index is 0.0325. The van der Waals surface area contributed by atoms with Crippen LogP contribution in [0, 0.1) is 0 Å². The number of amides is 3. The third kappa shape index (κ3) is 5.07. The number of carbonyl (C=O) groups is 2. The van der Waals surface area contributed by atoms with Crippen LogP contribution >= 0.6 is 0 Å². The maximum atomic E-state index is 12.2. The Labute approximate surface area is 146 Å². The van der Waals surface area contributed by atoms with E-state index in [1.807, 2.05) is 30.3 Å². The van der Waals surface area contributed by atoms with Gasteiger partial charge in [-0.25, -0.2) is 4.79 Å². The number of carbonyl (C=O) groups excluding carboxylic acids is 2. The highest BCUT2D eigenvalue weighted by Crippen LogP contribution is 2.19. The summed E-state index contributed by atoms with van der Waals surface area (Å²) in [7, 11) is 0. The molecule has 1 aliphatic carbocycles. The summed E-state index contributed by atoms with van der Waals surface area (Å²) in [5.74, 6) is -0.0325. The lowest BCUT2D eigenvalue weighted by Gasteiger charge is -2.29. The average molecular weight is 341 g/mol. The number of hydrogen-bond acceptors (Lipinski definition) is 3. The van der Waals surface area contributed by atoms with Crippen LogP contribution in [0.3, 0.4) is 0 Å². The van der Waals surface area contributed by atoms with Crippen molar-refractivity contribution in [1.29, 1.82) is 0 Å². The summed E-state index contributed by atoms with van der Waals surface area (Å²) < 4.78 is 0. The van der Waals surface area contributed by atoms with E-state index in [2.05, 4.69) is 26.1 Å². The van der Waals surface area contributed by atoms with Gasteiger partial charge in [-0.1, -0.05) is 18.2 Å². The first kappa shape index (κ1) is 17.0. The first-order valence-electron chi connectivity index (χ1n) is 8.58. The highest BCUT2D eigenvalue weighted by Gasteiger charge is 2.23. The van der Waals surface area contributed by atoms with E-state index in [1.165, 1.54) is 0 Å². The molecule has 0 unspecified atom stereocenters. The topological polar surface area (TPSA) is 98.9 Å². The molecule has 3 rings (SSSR count). The zero-order valence-corrected chi connectivity index (χ0v) is 14.0. The summed E-state index contributed by atoms with van der Waals surface area (Å²) in [6, 6.07) is 9.38. The molecule has 1 fully saturated rings. The average Bonchev–Trinajstić information content (AvgIpc) is 3.16. The van der Waals surface area contributed by atoms with Gasteiger partial charge in [0.05, 0.1) is 6.20 Å². The molecule has 0 saturated heterocycles. The summed E-state index contributed by atoms with van der Waals surface area (Å²) in [4.78, 5) is 24.1. The van der Waals surface area contributed by atoms with Crippen molar-refractivity contribution in [3.63, 3.8) is 0 Å². The number of aromatic nitrogens is 2. The van der Waals surface area contributed by atoms with Gasteiger partial charge in [-0.2, -0.15) is 5.10 Å². The molecule has 0 spiro atoms. The van der Waals surface area contributed by atoms with E-state index in [0.717, 1.165) is 31.2 Å². The van der Waals surface area contributed by atoms with Crippen LogP contribution in [-0.2, 0) is 6.54 Å². The van der Waals surface area contributed by atoms with E-state index in [-0.39, 0.29) is 24.0 Å². The lowest BCUT2D eigenvalue weighted by molar-refractivity contribution is 0.0924. The Morgan fingerprint density at radius 2 is 1.72 bits per heavy atom. The van der Waals surface area contributed by atoms with Crippen molar-refractivity contribution in [3.05, 3.63) is 53.9 Å². The summed E-state index contributed by atoms with van der Waals surface area (Å²) in [6.07, 6.45) is 6.88. The molecular weight excluding hydrogens is 318 g/mol. The number of H-pyrrole nitrogens is 1. The summed E-state index contributed by atoms with van der Waals surface area (Å²) in [5, 5.41) is 15.4. The Kier molecular flexibility index (Phi) is 5.66. The van der Waals surface area contributed by atoms with Gasteiger partial charge in [0.25, 0.3) is 5.91 Å². The molecule has 7 heteroatoms. The zero-order chi connectivity index (χ0) is 17.5. The quantitative estimate of drug-likeness (QED) is 0.669. The van der Waals surface area contributed by atoms with Crippen molar-refractivity contribution in [1.82, 2.24) is 26.1 Å². The SMILES string of the molecule is O=C(NCc1cn[nH]c1)NC1CCC(NC(=O)c2ccccc2)CC1. The highest BCUT2D eigenvalue weighted by molar-refractivity contribution is 5.94. The lowest BCUT2D eigenvalue weighted by atomic mass is 9.91. The summed E-state index contributed by atoms with van der Waals surface area (Å²) in [6.45, 7) is 0.449. The van der Waals surface area contributed by atoms with Crippen molar-refractivity contribution in [3.8, 4) is 0 Å². The van der Waals surface area contributed by atoms with E-state index in [1.54, 1.807) is 12.4 Å². The molecule has 25 heavy (non-hydrogen) atoms. The largest absolute Gasteiger partial charge is 0.349 e. The van der Waals surface area contributed by atoms with Gasteiger partial charge < -0.3 is 16.0 Å². The fourth-order valence-electron chi connectivity index (χ4n) is 3.03. The second kappa shape index (κ2) is 8.32. The third-order valence-electron chi connectivity index (χ3n) is 4.44. The van der Waals surface area contributed by atoms with Crippen LogP contribution in [0.1, 0.15) is 41.6 Å². The van der Waals surface area contributed by atoms with Gasteiger partial charge in [-0.3, -0.25) is 9.89 Å². The molecule has 2 aromatic rings. The molecule has 0 radical (unpaired) electrons. The Morgan fingerprint density at radius 1 is 1.04 bits per heavy atom. The molecule has 0 bridgehead atoms. The van der Waals surface area contributed by atoms with Crippen LogP contribution in [-0.4, -0.2) is 34.2 Å². The second-order valence-corrected chi connectivity index (χ2v) is 6.32. The van der Waals surface area contributed by atoms with Crippen molar-refractivity contribution < 1.29 is 9.59 Å². The van der Waals surface area contributed by atoms with E-state index in [0.29, 0.717) is 12.1 Å². The molecule has 3 amide bonds. The number of benzene rings is 1. The maximum absolute atomic E-state index is 12.2. The van der Waals surface area contributed by atoms with Crippen molar-refractivity contribution in [2.75, 3.05) is 0 Å². The Morgan fingerprint density at radius 3 is 2.36 bits per heavy atom. The van der Waals surface area contributed by atoms with E-state index >= 15 is 0 Å². The first-order valence-corrected chi connectivity index (χ1v) is 8.58. The van der Waals surface area contributed by atoms with Gasteiger partial charge >= 0.3 is 6.03 Å². The van der Waals surface area contributed by atoms with E-state index < -0.39 is 0 Å². The first-order chi connectivity index (χ1) is 12.2. The van der Waals surface area contributed by atoms with Gasteiger partial charge in [0.1, 0.15) is 0 Å². The van der Waals surface area contributed by atoms with Crippen LogP contribution in [0.15, 0.2) is 42.7 Å². The Balaban J connectivity index is 1.37.